The minimum absolute atomic E-state index is 0.0533. The van der Waals surface area contributed by atoms with Crippen LogP contribution in [0.15, 0.2) is 18.2 Å². The van der Waals surface area contributed by atoms with E-state index in [4.69, 9.17) is 19.3 Å². The highest BCUT2D eigenvalue weighted by Crippen LogP contribution is 2.47. The Bertz CT molecular complexity index is 1220. The van der Waals surface area contributed by atoms with E-state index < -0.39 is 32.1 Å². The summed E-state index contributed by atoms with van der Waals surface area (Å²) < 4.78 is 66.1. The van der Waals surface area contributed by atoms with Crippen LogP contribution in [-0.4, -0.2) is 58.8 Å². The number of nitrogens with zero attached hydrogens (tertiary/aromatic N) is 1. The largest absolute Gasteiger partial charge is 0.471 e. The Morgan fingerprint density at radius 2 is 2.05 bits per heavy atom. The van der Waals surface area contributed by atoms with Crippen molar-refractivity contribution in [3.63, 3.8) is 0 Å². The summed E-state index contributed by atoms with van der Waals surface area (Å²) in [6.45, 7) is 3.00. The van der Waals surface area contributed by atoms with Crippen molar-refractivity contribution in [2.24, 2.45) is 0 Å². The fourth-order valence-electron chi connectivity index (χ4n) is 5.07. The summed E-state index contributed by atoms with van der Waals surface area (Å²) in [5.41, 5.74) is 2.42. The van der Waals surface area contributed by atoms with Gasteiger partial charge in [0.25, 0.3) is 5.19 Å². The van der Waals surface area contributed by atoms with E-state index in [0.717, 1.165) is 52.9 Å². The van der Waals surface area contributed by atoms with Crippen LogP contribution in [0.2, 0.25) is 0 Å². The lowest BCUT2D eigenvalue weighted by molar-refractivity contribution is -0.176. The van der Waals surface area contributed by atoms with Gasteiger partial charge in [-0.1, -0.05) is 42.9 Å². The van der Waals surface area contributed by atoms with Crippen molar-refractivity contribution in [2.45, 2.75) is 69.5 Å². The van der Waals surface area contributed by atoms with Gasteiger partial charge in [0.2, 0.25) is 0 Å². The van der Waals surface area contributed by atoms with E-state index in [1.54, 1.807) is 0 Å². The normalized spacial score (nSPS) is 20.9. The van der Waals surface area contributed by atoms with Crippen molar-refractivity contribution in [3.05, 3.63) is 35.0 Å². The minimum Gasteiger partial charge on any atom is -0.468 e. The summed E-state index contributed by atoms with van der Waals surface area (Å²) in [4.78, 5) is 35.6. The van der Waals surface area contributed by atoms with E-state index >= 15 is 0 Å². The zero-order chi connectivity index (χ0) is 28.3. The molecule has 0 spiro atoms. The number of phosphoric acid groups is 1. The maximum Gasteiger partial charge on any atom is 0.471 e. The molecule has 39 heavy (non-hydrogen) atoms. The highest BCUT2D eigenvalue weighted by Gasteiger charge is 2.48. The van der Waals surface area contributed by atoms with Gasteiger partial charge in [0.15, 0.2) is 0 Å². The number of rotatable bonds is 12. The van der Waals surface area contributed by atoms with Crippen LogP contribution >= 0.6 is 19.2 Å². The fourth-order valence-corrected chi connectivity index (χ4v) is 6.53. The zero-order valence-corrected chi connectivity index (χ0v) is 23.2. The minimum atomic E-state index is -5.13. The molecule has 1 heterocycles. The first-order valence-corrected chi connectivity index (χ1v) is 15.2. The van der Waals surface area contributed by atoms with E-state index in [0.29, 0.717) is 31.4 Å². The number of hydrogen-bond donors (Lipinski definition) is 3. The van der Waals surface area contributed by atoms with E-state index in [1.807, 2.05) is 23.5 Å². The Balaban J connectivity index is 1.46. The lowest BCUT2D eigenvalue weighted by Gasteiger charge is -2.31. The van der Waals surface area contributed by atoms with Gasteiger partial charge in [-0.3, -0.25) is 9.32 Å². The number of phosphoric ester groups is 1. The number of fused-ring (bicyclic) bond motifs is 3. The number of hydrogen-bond acceptors (Lipinski definition) is 7. The van der Waals surface area contributed by atoms with Crippen LogP contribution in [0.1, 0.15) is 61.8 Å². The Labute approximate surface area is 228 Å². The van der Waals surface area contributed by atoms with Gasteiger partial charge in [-0.2, -0.15) is 13.2 Å². The second-order valence-electron chi connectivity index (χ2n) is 9.92. The fraction of sp³-hybridized carbons (Fsp3) is 0.600. The highest BCUT2D eigenvalue weighted by atomic mass is 32.1. The molecule has 1 aromatic heterocycles. The molecule has 1 fully saturated rings. The quantitative estimate of drug-likeness (QED) is 0.235. The number of aryl methyl sites for hydroxylation is 2. The van der Waals surface area contributed by atoms with Gasteiger partial charge in [-0.25, -0.2) is 9.55 Å². The molecule has 0 bridgehead atoms. The molecule has 4 rings (SSSR count). The molecule has 1 saturated carbocycles. The molecule has 1 amide bonds. The van der Waals surface area contributed by atoms with E-state index in [9.17, 15) is 22.5 Å². The molecule has 2 aliphatic rings. The zero-order valence-electron chi connectivity index (χ0n) is 21.5. The number of halogens is 3. The maximum atomic E-state index is 13.0. The number of ether oxygens (including phenoxy) is 2. The van der Waals surface area contributed by atoms with Crippen LogP contribution in [-0.2, 0) is 31.5 Å². The number of nitrogens with one attached hydrogen (secondary N) is 1. The molecule has 0 radical (unpaired) electrons. The number of aromatic nitrogens is 1. The van der Waals surface area contributed by atoms with Gasteiger partial charge >= 0.3 is 19.9 Å². The first-order valence-electron chi connectivity index (χ1n) is 12.8. The monoisotopic (exact) mass is 592 g/mol. The van der Waals surface area contributed by atoms with Gasteiger partial charge in [0, 0.05) is 6.61 Å². The molecular weight excluding hydrogens is 560 g/mol. The molecular formula is C25H32F3N2O7PS. The van der Waals surface area contributed by atoms with Crippen molar-refractivity contribution >= 4 is 25.1 Å². The third kappa shape index (κ3) is 7.80. The van der Waals surface area contributed by atoms with Crippen molar-refractivity contribution in [1.29, 1.82) is 0 Å². The maximum absolute atomic E-state index is 13.0. The van der Waals surface area contributed by atoms with Crippen molar-refractivity contribution in [2.75, 3.05) is 26.4 Å². The molecule has 0 saturated heterocycles. The summed E-state index contributed by atoms with van der Waals surface area (Å²) in [5.74, 6) is -2.38. The third-order valence-electron chi connectivity index (χ3n) is 7.00. The molecule has 1 aromatic carbocycles. The molecule has 2 aromatic rings. The number of carbonyl (C=O) groups is 1. The number of carbonyl (C=O) groups excluding carboxylic acids is 1. The second-order valence-corrected chi connectivity index (χ2v) is 12.1. The van der Waals surface area contributed by atoms with Crippen LogP contribution in [0.4, 0.5) is 13.2 Å². The predicted octanol–water partition coefficient (Wildman–Crippen LogP) is 4.90. The topological polar surface area (TPSA) is 127 Å². The van der Waals surface area contributed by atoms with Gasteiger partial charge in [-0.05, 0) is 61.1 Å². The Hall–Kier alpha value is -2.02. The van der Waals surface area contributed by atoms with Crippen molar-refractivity contribution in [1.82, 2.24) is 10.3 Å². The summed E-state index contributed by atoms with van der Waals surface area (Å²) >= 11 is 1.47. The Morgan fingerprint density at radius 1 is 1.26 bits per heavy atom. The van der Waals surface area contributed by atoms with Crippen LogP contribution < -0.4 is 10.1 Å². The van der Waals surface area contributed by atoms with Crippen LogP contribution in [0, 0.1) is 0 Å². The van der Waals surface area contributed by atoms with Gasteiger partial charge < -0.3 is 24.6 Å². The summed E-state index contributed by atoms with van der Waals surface area (Å²) in [6.07, 6.45) is -1.02. The molecule has 9 nitrogen and oxygen atoms in total. The SMILES string of the molecule is CCCCOCCOc1nc2c(s1)-c1ccc([C@H]3CC[C@@](COP(=O)(O)O)(NC(=O)C(F)(F)F)C3)cc1CC2. The van der Waals surface area contributed by atoms with Crippen molar-refractivity contribution < 1.29 is 46.3 Å². The first-order chi connectivity index (χ1) is 18.4. The third-order valence-corrected chi connectivity index (χ3v) is 8.51. The first kappa shape index (κ1) is 30.0. The predicted molar refractivity (Wildman–Crippen MR) is 138 cm³/mol. The molecule has 14 heteroatoms. The molecule has 0 unspecified atom stereocenters. The number of thiazole rings is 1. The van der Waals surface area contributed by atoms with Gasteiger partial charge in [0.1, 0.15) is 6.61 Å². The molecule has 0 aliphatic heterocycles. The highest BCUT2D eigenvalue weighted by molar-refractivity contribution is 7.46. The van der Waals surface area contributed by atoms with E-state index in [-0.39, 0.29) is 18.8 Å². The van der Waals surface area contributed by atoms with Gasteiger partial charge in [0.05, 0.1) is 29.3 Å². The smallest absolute Gasteiger partial charge is 0.468 e. The average Bonchev–Trinajstić information content (AvgIpc) is 3.48. The summed E-state index contributed by atoms with van der Waals surface area (Å²) in [7, 11) is -4.95. The Morgan fingerprint density at radius 3 is 2.77 bits per heavy atom. The summed E-state index contributed by atoms with van der Waals surface area (Å²) in [6, 6.07) is 5.90. The molecule has 3 N–H and O–H groups in total. The average molecular weight is 593 g/mol. The number of benzene rings is 1. The lowest BCUT2D eigenvalue weighted by atomic mass is 9.87. The second kappa shape index (κ2) is 12.2. The van der Waals surface area contributed by atoms with Gasteiger partial charge in [-0.15, -0.1) is 0 Å². The van der Waals surface area contributed by atoms with E-state index in [2.05, 4.69) is 16.4 Å². The number of amides is 1. The van der Waals surface area contributed by atoms with Crippen LogP contribution in [0.25, 0.3) is 10.4 Å². The molecule has 2 atom stereocenters. The van der Waals surface area contributed by atoms with Crippen molar-refractivity contribution in [3.8, 4) is 15.6 Å². The van der Waals surface area contributed by atoms with E-state index in [1.165, 1.54) is 11.3 Å². The van der Waals surface area contributed by atoms with Crippen LogP contribution in [0.5, 0.6) is 5.19 Å². The Kier molecular flexibility index (Phi) is 9.40. The van der Waals surface area contributed by atoms with Crippen LogP contribution in [0.3, 0.4) is 0 Å². The standard InChI is InChI=1S/C25H32F3N2O7PS/c1-2-3-10-35-11-12-36-23-29-20-7-5-17-13-16(4-6-19(17)21(20)39-23)18-8-9-24(14-18,15-37-38(32,33)34)30-22(31)25(26,27)28/h4,6,13,18H,2-3,5,7-12,14-15H2,1H3,(H,30,31)(H2,32,33,34)/t18-,24+/m0/s1. The summed E-state index contributed by atoms with van der Waals surface area (Å²) in [5, 5.41) is 2.54. The number of alkyl halides is 3. The molecule has 2 aliphatic carbocycles. The molecule has 216 valence electrons. The number of unbranched alkanes of at least 4 members (excludes halogenated alkanes) is 1. The lowest BCUT2D eigenvalue weighted by Crippen LogP contribution is -2.54.